The van der Waals surface area contributed by atoms with Gasteiger partial charge in [0, 0.05) is 32.9 Å². The Morgan fingerprint density at radius 1 is 1.26 bits per heavy atom. The number of pyridine rings is 2. The summed E-state index contributed by atoms with van der Waals surface area (Å²) in [6.07, 6.45) is 5.10. The highest BCUT2D eigenvalue weighted by molar-refractivity contribution is 5.96. The van der Waals surface area contributed by atoms with Crippen LogP contribution in [-0.2, 0) is 29.0 Å². The minimum absolute atomic E-state index is 0.0279. The summed E-state index contributed by atoms with van der Waals surface area (Å²) in [7, 11) is 4.45. The van der Waals surface area contributed by atoms with Crippen molar-refractivity contribution in [1.29, 1.82) is 0 Å². The number of ether oxygens (including phenoxy) is 1. The second-order valence-electron chi connectivity index (χ2n) is 7.66. The maximum atomic E-state index is 13.2. The van der Waals surface area contributed by atoms with Gasteiger partial charge in [0.25, 0.3) is 5.91 Å². The summed E-state index contributed by atoms with van der Waals surface area (Å²) >= 11 is 0. The van der Waals surface area contributed by atoms with E-state index in [1.807, 2.05) is 0 Å². The second kappa shape index (κ2) is 8.87. The number of aromatic nitrogens is 2. The van der Waals surface area contributed by atoms with Crippen LogP contribution in [0, 0.1) is 0 Å². The molecule has 0 spiro atoms. The van der Waals surface area contributed by atoms with Gasteiger partial charge in [0.2, 0.25) is 5.43 Å². The molecule has 2 aromatic heterocycles. The van der Waals surface area contributed by atoms with Crippen molar-refractivity contribution in [3.63, 3.8) is 0 Å². The molecule has 0 saturated carbocycles. The van der Waals surface area contributed by atoms with Crippen LogP contribution in [0.2, 0.25) is 0 Å². The highest BCUT2D eigenvalue weighted by Crippen LogP contribution is 2.25. The number of fused-ring (bicyclic) bond motifs is 2. The summed E-state index contributed by atoms with van der Waals surface area (Å²) in [5.74, 6) is -0.509. The Balaban J connectivity index is 1.71. The first-order chi connectivity index (χ1) is 15.0. The third-order valence-electron chi connectivity index (χ3n) is 5.66. The first kappa shape index (κ1) is 21.0. The Morgan fingerprint density at radius 2 is 1.97 bits per heavy atom. The molecule has 31 heavy (non-hydrogen) atoms. The van der Waals surface area contributed by atoms with Crippen LogP contribution in [0.3, 0.4) is 0 Å². The molecule has 8 nitrogen and oxygen atoms in total. The zero-order valence-corrected chi connectivity index (χ0v) is 17.9. The molecule has 1 aliphatic rings. The Morgan fingerprint density at radius 3 is 2.61 bits per heavy atom. The quantitative estimate of drug-likeness (QED) is 0.588. The zero-order chi connectivity index (χ0) is 22.0. The number of hydrogen-bond acceptors (Lipinski definition) is 6. The van der Waals surface area contributed by atoms with E-state index >= 15 is 0 Å². The van der Waals surface area contributed by atoms with Gasteiger partial charge in [-0.3, -0.25) is 14.4 Å². The number of amides is 1. The molecule has 1 amide bonds. The van der Waals surface area contributed by atoms with Crippen LogP contribution in [0.4, 0.5) is 5.69 Å². The number of methoxy groups -OCH3 is 1. The fourth-order valence-electron chi connectivity index (χ4n) is 4.01. The highest BCUT2D eigenvalue weighted by atomic mass is 16.7. The van der Waals surface area contributed by atoms with E-state index in [-0.39, 0.29) is 17.0 Å². The van der Waals surface area contributed by atoms with Gasteiger partial charge in [0.1, 0.15) is 11.2 Å². The number of hydroxylamine groups is 2. The van der Waals surface area contributed by atoms with Crippen molar-refractivity contribution < 1.29 is 14.4 Å². The van der Waals surface area contributed by atoms with Crippen LogP contribution in [0.15, 0.2) is 47.5 Å². The number of hydrogen-bond donors (Lipinski definition) is 1. The fourth-order valence-corrected chi connectivity index (χ4v) is 4.01. The van der Waals surface area contributed by atoms with Crippen molar-refractivity contribution in [2.24, 2.45) is 0 Å². The van der Waals surface area contributed by atoms with Crippen molar-refractivity contribution >= 4 is 22.6 Å². The molecule has 4 rings (SSSR count). The molecule has 1 N–H and O–H groups in total. The maximum Gasteiger partial charge on any atom is 0.282 e. The lowest BCUT2D eigenvalue weighted by Gasteiger charge is -2.17. The standard InChI is InChI=1S/C23H26N4O4/c1-26(31-3)23(29)20-14-27(8-9-30-2)22-19(21(20)28)12-18(13-24-22)25-17-10-15-6-4-5-7-16(15)11-17/h4-7,12-14,17,25H,8-11H2,1-3H3. The molecule has 3 aromatic rings. The van der Waals surface area contributed by atoms with Gasteiger partial charge >= 0.3 is 0 Å². The molecule has 2 heterocycles. The van der Waals surface area contributed by atoms with Crippen LogP contribution >= 0.6 is 0 Å². The van der Waals surface area contributed by atoms with E-state index in [1.54, 1.807) is 23.9 Å². The van der Waals surface area contributed by atoms with Gasteiger partial charge in [-0.05, 0) is 30.0 Å². The van der Waals surface area contributed by atoms with Crippen LogP contribution in [-0.4, -0.2) is 54.4 Å². The molecule has 1 aliphatic carbocycles. The SMILES string of the molecule is COCCn1cc(C(=O)N(C)OC)c(=O)c2cc(NC3Cc4ccccc4C3)cnc21. The maximum absolute atomic E-state index is 13.2. The molecule has 0 aliphatic heterocycles. The minimum atomic E-state index is -0.509. The average Bonchev–Trinajstić information content (AvgIpc) is 3.20. The van der Waals surface area contributed by atoms with Crippen molar-refractivity contribution in [2.45, 2.75) is 25.4 Å². The number of nitrogens with zero attached hydrogens (tertiary/aromatic N) is 3. The van der Waals surface area contributed by atoms with Gasteiger partial charge in [0.05, 0.1) is 31.0 Å². The van der Waals surface area contributed by atoms with Crippen molar-refractivity contribution in [1.82, 2.24) is 14.6 Å². The Bertz CT molecular complexity index is 1150. The molecule has 0 fully saturated rings. The van der Waals surface area contributed by atoms with Crippen molar-refractivity contribution in [2.75, 3.05) is 33.2 Å². The molecular weight excluding hydrogens is 396 g/mol. The minimum Gasteiger partial charge on any atom is -0.383 e. The molecule has 0 saturated heterocycles. The van der Waals surface area contributed by atoms with Gasteiger partial charge in [0.15, 0.2) is 0 Å². The predicted molar refractivity (Wildman–Crippen MR) is 118 cm³/mol. The lowest BCUT2D eigenvalue weighted by Crippen LogP contribution is -2.31. The number of nitrogens with one attached hydrogen (secondary N) is 1. The van der Waals surface area contributed by atoms with Gasteiger partial charge in [-0.2, -0.15) is 0 Å². The van der Waals surface area contributed by atoms with E-state index in [0.717, 1.165) is 23.6 Å². The van der Waals surface area contributed by atoms with E-state index in [2.05, 4.69) is 34.6 Å². The number of rotatable bonds is 7. The van der Waals surface area contributed by atoms with Gasteiger partial charge in [-0.1, -0.05) is 24.3 Å². The normalized spacial score (nSPS) is 13.4. The number of anilines is 1. The van der Waals surface area contributed by atoms with E-state index < -0.39 is 5.91 Å². The third kappa shape index (κ3) is 4.17. The summed E-state index contributed by atoms with van der Waals surface area (Å²) in [6, 6.07) is 10.4. The van der Waals surface area contributed by atoms with E-state index in [4.69, 9.17) is 9.57 Å². The third-order valence-corrected chi connectivity index (χ3v) is 5.66. The van der Waals surface area contributed by atoms with Gasteiger partial charge < -0.3 is 14.6 Å². The number of carbonyl (C=O) groups excluding carboxylic acids is 1. The molecule has 0 atom stereocenters. The van der Waals surface area contributed by atoms with E-state index in [1.165, 1.54) is 31.5 Å². The molecule has 0 bridgehead atoms. The highest BCUT2D eigenvalue weighted by Gasteiger charge is 2.22. The first-order valence-electron chi connectivity index (χ1n) is 10.2. The van der Waals surface area contributed by atoms with Gasteiger partial charge in [-0.25, -0.2) is 10.0 Å². The Kier molecular flexibility index (Phi) is 6.01. The molecule has 0 unspecified atom stereocenters. The van der Waals surface area contributed by atoms with Crippen molar-refractivity contribution in [3.05, 3.63) is 69.6 Å². The monoisotopic (exact) mass is 422 g/mol. The topological polar surface area (TPSA) is 85.7 Å². The molecule has 162 valence electrons. The van der Waals surface area contributed by atoms with E-state index in [0.29, 0.717) is 24.2 Å². The molecule has 8 heteroatoms. The van der Waals surface area contributed by atoms with Crippen LogP contribution in [0.1, 0.15) is 21.5 Å². The lowest BCUT2D eigenvalue weighted by atomic mass is 10.1. The Labute approximate surface area is 180 Å². The first-order valence-corrected chi connectivity index (χ1v) is 10.2. The largest absolute Gasteiger partial charge is 0.383 e. The second-order valence-corrected chi connectivity index (χ2v) is 7.66. The average molecular weight is 422 g/mol. The van der Waals surface area contributed by atoms with Crippen LogP contribution in [0.25, 0.3) is 11.0 Å². The number of benzene rings is 1. The fraction of sp³-hybridized carbons (Fsp3) is 0.348. The summed E-state index contributed by atoms with van der Waals surface area (Å²) in [6.45, 7) is 0.885. The molecular formula is C23H26N4O4. The van der Waals surface area contributed by atoms with Crippen LogP contribution in [0.5, 0.6) is 0 Å². The number of carbonyl (C=O) groups is 1. The van der Waals surface area contributed by atoms with E-state index in [9.17, 15) is 9.59 Å². The molecule has 0 radical (unpaired) electrons. The summed E-state index contributed by atoms with van der Waals surface area (Å²) in [4.78, 5) is 35.4. The Hall–Kier alpha value is -3.23. The predicted octanol–water partition coefficient (Wildman–Crippen LogP) is 2.26. The zero-order valence-electron chi connectivity index (χ0n) is 17.9. The smallest absolute Gasteiger partial charge is 0.282 e. The van der Waals surface area contributed by atoms with Gasteiger partial charge in [-0.15, -0.1) is 0 Å². The molecule has 1 aromatic carbocycles. The van der Waals surface area contributed by atoms with Crippen molar-refractivity contribution in [3.8, 4) is 0 Å². The lowest BCUT2D eigenvalue weighted by molar-refractivity contribution is -0.0758. The van der Waals surface area contributed by atoms with Crippen LogP contribution < -0.4 is 10.7 Å². The summed E-state index contributed by atoms with van der Waals surface area (Å²) in [5, 5.41) is 4.91. The summed E-state index contributed by atoms with van der Waals surface area (Å²) in [5.41, 5.74) is 3.60. The summed E-state index contributed by atoms with van der Waals surface area (Å²) < 4.78 is 6.95.